The van der Waals surface area contributed by atoms with Gasteiger partial charge in [0.1, 0.15) is 0 Å². The Balaban J connectivity index is 1.80. The molecule has 0 radical (unpaired) electrons. The van der Waals surface area contributed by atoms with E-state index in [0.717, 1.165) is 10.8 Å². The normalized spacial score (nSPS) is 15.9. The standard InChI is InChI=1S/C16H19F2N3O2S2/c1-11-12(2)24-16(19-11)21-9-7-20(8-10-21)13-5-3-4-6-14(13)25(22,23)15(17)18/h3-6,15H,7-10H2,1-2H3. The number of rotatable bonds is 4. The Morgan fingerprint density at radius 3 is 2.24 bits per heavy atom. The number of aryl methyl sites for hydroxylation is 2. The van der Waals surface area contributed by atoms with Crippen molar-refractivity contribution in [2.24, 2.45) is 0 Å². The van der Waals surface area contributed by atoms with E-state index in [2.05, 4.69) is 9.88 Å². The molecule has 0 amide bonds. The van der Waals surface area contributed by atoms with Gasteiger partial charge in [0, 0.05) is 31.1 Å². The average molecular weight is 387 g/mol. The summed E-state index contributed by atoms with van der Waals surface area (Å²) < 4.78 is 49.7. The van der Waals surface area contributed by atoms with Crippen LogP contribution in [0.1, 0.15) is 10.6 Å². The molecular formula is C16H19F2N3O2S2. The van der Waals surface area contributed by atoms with Crippen molar-refractivity contribution < 1.29 is 17.2 Å². The molecule has 2 aromatic rings. The van der Waals surface area contributed by atoms with Crippen LogP contribution in [0.3, 0.4) is 0 Å². The second-order valence-electron chi connectivity index (χ2n) is 5.89. The third-order valence-corrected chi connectivity index (χ3v) is 6.88. The minimum absolute atomic E-state index is 0.306. The Kier molecular flexibility index (Phi) is 4.97. The van der Waals surface area contributed by atoms with Crippen LogP contribution in [0.5, 0.6) is 0 Å². The van der Waals surface area contributed by atoms with Crippen LogP contribution in [0, 0.1) is 13.8 Å². The van der Waals surface area contributed by atoms with Crippen molar-refractivity contribution >= 4 is 32.0 Å². The number of hydrogen-bond acceptors (Lipinski definition) is 6. The number of hydrogen-bond donors (Lipinski definition) is 0. The lowest BCUT2D eigenvalue weighted by atomic mass is 10.2. The van der Waals surface area contributed by atoms with Gasteiger partial charge in [0.05, 0.1) is 16.3 Å². The topological polar surface area (TPSA) is 53.5 Å². The van der Waals surface area contributed by atoms with E-state index < -0.39 is 15.6 Å². The lowest BCUT2D eigenvalue weighted by Gasteiger charge is -2.36. The number of aromatic nitrogens is 1. The summed E-state index contributed by atoms with van der Waals surface area (Å²) in [6.07, 6.45) is 0. The third kappa shape index (κ3) is 3.48. The van der Waals surface area contributed by atoms with Gasteiger partial charge in [0.25, 0.3) is 0 Å². The number of piperazine rings is 1. The number of anilines is 2. The predicted octanol–water partition coefficient (Wildman–Crippen LogP) is 3.08. The van der Waals surface area contributed by atoms with Gasteiger partial charge in [0.2, 0.25) is 9.84 Å². The number of sulfone groups is 1. The molecule has 1 aromatic heterocycles. The fourth-order valence-corrected chi connectivity index (χ4v) is 4.69. The zero-order valence-electron chi connectivity index (χ0n) is 13.9. The van der Waals surface area contributed by atoms with Crippen LogP contribution in [0.25, 0.3) is 0 Å². The first kappa shape index (κ1) is 18.1. The molecule has 1 saturated heterocycles. The molecule has 1 fully saturated rings. The first-order chi connectivity index (χ1) is 11.8. The highest BCUT2D eigenvalue weighted by atomic mass is 32.2. The summed E-state index contributed by atoms with van der Waals surface area (Å²) in [4.78, 5) is 9.40. The number of benzene rings is 1. The van der Waals surface area contributed by atoms with Gasteiger partial charge in [-0.25, -0.2) is 13.4 Å². The molecular weight excluding hydrogens is 368 g/mol. The highest BCUT2D eigenvalue weighted by Gasteiger charge is 2.31. The van der Waals surface area contributed by atoms with Crippen molar-refractivity contribution in [3.05, 3.63) is 34.8 Å². The second kappa shape index (κ2) is 6.87. The number of para-hydroxylation sites is 1. The molecule has 0 atom stereocenters. The fraction of sp³-hybridized carbons (Fsp3) is 0.438. The van der Waals surface area contributed by atoms with Crippen LogP contribution < -0.4 is 9.80 Å². The average Bonchev–Trinajstić information content (AvgIpc) is 2.94. The maximum Gasteiger partial charge on any atom is 0.341 e. The van der Waals surface area contributed by atoms with Gasteiger partial charge in [-0.2, -0.15) is 8.78 Å². The predicted molar refractivity (Wildman–Crippen MR) is 95.6 cm³/mol. The Morgan fingerprint density at radius 2 is 1.68 bits per heavy atom. The zero-order chi connectivity index (χ0) is 18.2. The molecule has 5 nitrogen and oxygen atoms in total. The maximum absolute atomic E-state index is 12.9. The molecule has 3 rings (SSSR count). The van der Waals surface area contributed by atoms with Crippen molar-refractivity contribution in [1.29, 1.82) is 0 Å². The van der Waals surface area contributed by atoms with Crippen LogP contribution in [-0.4, -0.2) is 45.3 Å². The van der Waals surface area contributed by atoms with E-state index in [0.29, 0.717) is 31.9 Å². The summed E-state index contributed by atoms with van der Waals surface area (Å²) in [7, 11) is -4.62. The van der Waals surface area contributed by atoms with E-state index in [1.807, 2.05) is 18.7 Å². The smallest absolute Gasteiger partial charge is 0.341 e. The van der Waals surface area contributed by atoms with Gasteiger partial charge >= 0.3 is 5.76 Å². The van der Waals surface area contributed by atoms with E-state index in [1.54, 1.807) is 23.5 Å². The SMILES string of the molecule is Cc1nc(N2CCN(c3ccccc3S(=O)(=O)C(F)F)CC2)sc1C. The van der Waals surface area contributed by atoms with Crippen LogP contribution in [0.15, 0.2) is 29.2 Å². The van der Waals surface area contributed by atoms with Crippen molar-refractivity contribution in [3.8, 4) is 0 Å². The van der Waals surface area contributed by atoms with E-state index in [1.165, 1.54) is 17.0 Å². The lowest BCUT2D eigenvalue weighted by Crippen LogP contribution is -2.47. The van der Waals surface area contributed by atoms with E-state index in [4.69, 9.17) is 0 Å². The summed E-state index contributed by atoms with van der Waals surface area (Å²) in [5.41, 5.74) is 1.35. The van der Waals surface area contributed by atoms with Gasteiger partial charge in [-0.05, 0) is 26.0 Å². The van der Waals surface area contributed by atoms with Crippen molar-refractivity contribution in [2.75, 3.05) is 36.0 Å². The molecule has 25 heavy (non-hydrogen) atoms. The number of thiazole rings is 1. The highest BCUT2D eigenvalue weighted by molar-refractivity contribution is 7.91. The summed E-state index contributed by atoms with van der Waals surface area (Å²) in [6.45, 7) is 6.42. The highest BCUT2D eigenvalue weighted by Crippen LogP contribution is 2.31. The minimum Gasteiger partial charge on any atom is -0.367 e. The molecule has 1 aliphatic heterocycles. The fourth-order valence-electron chi connectivity index (χ4n) is 2.78. The number of alkyl halides is 2. The molecule has 0 unspecified atom stereocenters. The largest absolute Gasteiger partial charge is 0.367 e. The number of halogens is 2. The van der Waals surface area contributed by atoms with Crippen LogP contribution in [-0.2, 0) is 9.84 Å². The molecule has 0 bridgehead atoms. The Labute approximate surface area is 149 Å². The second-order valence-corrected chi connectivity index (χ2v) is 8.95. The molecule has 0 spiro atoms. The molecule has 136 valence electrons. The van der Waals surface area contributed by atoms with Crippen molar-refractivity contribution in [2.45, 2.75) is 24.5 Å². The zero-order valence-corrected chi connectivity index (χ0v) is 15.6. The van der Waals surface area contributed by atoms with E-state index in [9.17, 15) is 17.2 Å². The van der Waals surface area contributed by atoms with E-state index in [-0.39, 0.29) is 4.90 Å². The molecule has 0 N–H and O–H groups in total. The van der Waals surface area contributed by atoms with Crippen molar-refractivity contribution in [3.63, 3.8) is 0 Å². The van der Waals surface area contributed by atoms with Gasteiger partial charge in [0.15, 0.2) is 5.13 Å². The molecule has 1 aromatic carbocycles. The van der Waals surface area contributed by atoms with Gasteiger partial charge in [-0.3, -0.25) is 0 Å². The summed E-state index contributed by atoms with van der Waals surface area (Å²) >= 11 is 1.63. The van der Waals surface area contributed by atoms with Crippen LogP contribution >= 0.6 is 11.3 Å². The minimum atomic E-state index is -4.62. The molecule has 2 heterocycles. The maximum atomic E-state index is 12.9. The molecule has 0 aliphatic carbocycles. The monoisotopic (exact) mass is 387 g/mol. The summed E-state index contributed by atoms with van der Waals surface area (Å²) in [5, 5.41) is 0.947. The Morgan fingerprint density at radius 1 is 1.08 bits per heavy atom. The Hall–Kier alpha value is -1.74. The quantitative estimate of drug-likeness (QED) is 0.807. The van der Waals surface area contributed by atoms with Crippen LogP contribution in [0.4, 0.5) is 19.6 Å². The van der Waals surface area contributed by atoms with Gasteiger partial charge in [-0.15, -0.1) is 11.3 Å². The van der Waals surface area contributed by atoms with Crippen LogP contribution in [0.2, 0.25) is 0 Å². The molecule has 1 aliphatic rings. The van der Waals surface area contributed by atoms with Gasteiger partial charge < -0.3 is 9.80 Å². The molecule has 9 heteroatoms. The summed E-state index contributed by atoms with van der Waals surface area (Å²) in [6, 6.07) is 5.97. The van der Waals surface area contributed by atoms with Crippen molar-refractivity contribution in [1.82, 2.24) is 4.98 Å². The molecule has 0 saturated carbocycles. The first-order valence-electron chi connectivity index (χ1n) is 7.85. The Bertz CT molecular complexity index is 841. The van der Waals surface area contributed by atoms with E-state index >= 15 is 0 Å². The first-order valence-corrected chi connectivity index (χ1v) is 10.2. The number of nitrogens with zero attached hydrogens (tertiary/aromatic N) is 3. The lowest BCUT2D eigenvalue weighted by molar-refractivity contribution is 0.235. The third-order valence-electron chi connectivity index (χ3n) is 4.31. The van der Waals surface area contributed by atoms with Gasteiger partial charge in [-0.1, -0.05) is 12.1 Å². The summed E-state index contributed by atoms with van der Waals surface area (Å²) in [5.74, 6) is -3.42.